The van der Waals surface area contributed by atoms with Crippen LogP contribution in [0.3, 0.4) is 0 Å². The third-order valence-corrected chi connectivity index (χ3v) is 3.72. The Morgan fingerprint density at radius 1 is 1.40 bits per heavy atom. The largest absolute Gasteiger partial charge is 0.495 e. The van der Waals surface area contributed by atoms with Gasteiger partial charge in [0.05, 0.1) is 19.4 Å². The highest BCUT2D eigenvalue weighted by Crippen LogP contribution is 2.26. The number of methoxy groups -OCH3 is 1. The molecular weight excluding hydrogens is 256 g/mol. The van der Waals surface area contributed by atoms with Gasteiger partial charge in [0.2, 0.25) is 0 Å². The molecule has 0 spiro atoms. The Balaban J connectivity index is 2.07. The van der Waals surface area contributed by atoms with E-state index < -0.39 is 0 Å². The third kappa shape index (κ3) is 3.42. The van der Waals surface area contributed by atoms with Crippen molar-refractivity contribution < 1.29 is 14.6 Å². The zero-order valence-electron chi connectivity index (χ0n) is 11.8. The molecule has 1 aromatic rings. The molecule has 0 bridgehead atoms. The molecule has 0 heterocycles. The monoisotopic (exact) mass is 278 g/mol. The van der Waals surface area contributed by atoms with Crippen LogP contribution in [0.1, 0.15) is 25.7 Å². The van der Waals surface area contributed by atoms with Crippen molar-refractivity contribution in [3.8, 4) is 5.75 Å². The summed E-state index contributed by atoms with van der Waals surface area (Å²) in [5.74, 6) is 0.635. The number of anilines is 1. The maximum Gasteiger partial charge on any atom is 0.322 e. The number of carbonyl (C=O) groups is 1. The maximum absolute atomic E-state index is 12.4. The van der Waals surface area contributed by atoms with Gasteiger partial charge in [0.1, 0.15) is 5.75 Å². The highest BCUT2D eigenvalue weighted by atomic mass is 16.5. The molecule has 2 rings (SSSR count). The fourth-order valence-electron chi connectivity index (χ4n) is 2.71. The number of nitrogens with one attached hydrogen (secondary N) is 1. The molecule has 0 saturated heterocycles. The van der Waals surface area contributed by atoms with E-state index in [4.69, 9.17) is 9.84 Å². The van der Waals surface area contributed by atoms with Gasteiger partial charge in [0.15, 0.2) is 0 Å². The van der Waals surface area contributed by atoms with Crippen molar-refractivity contribution in [2.45, 2.75) is 31.7 Å². The number of amides is 2. The molecule has 0 radical (unpaired) electrons. The Hall–Kier alpha value is -1.75. The van der Waals surface area contributed by atoms with Crippen LogP contribution in [0.4, 0.5) is 10.5 Å². The Kier molecular flexibility index (Phi) is 5.24. The second-order valence-corrected chi connectivity index (χ2v) is 4.99. The smallest absolute Gasteiger partial charge is 0.322 e. The molecule has 110 valence electrons. The van der Waals surface area contributed by atoms with Crippen molar-refractivity contribution in [2.75, 3.05) is 25.6 Å². The number of hydrogen-bond acceptors (Lipinski definition) is 3. The Bertz CT molecular complexity index is 444. The van der Waals surface area contributed by atoms with E-state index in [2.05, 4.69) is 5.32 Å². The minimum Gasteiger partial charge on any atom is -0.495 e. The first kappa shape index (κ1) is 14.7. The van der Waals surface area contributed by atoms with Crippen LogP contribution < -0.4 is 10.1 Å². The molecule has 1 saturated carbocycles. The summed E-state index contributed by atoms with van der Waals surface area (Å²) >= 11 is 0. The molecule has 0 aromatic heterocycles. The standard InChI is InChI=1S/C15H22N2O3/c1-20-14-9-5-4-8-13(14)16-15(19)17(10-11-18)12-6-2-3-7-12/h4-5,8-9,12,18H,2-3,6-7,10-11H2,1H3,(H,16,19). The van der Waals surface area contributed by atoms with Crippen LogP contribution in [0.25, 0.3) is 0 Å². The van der Waals surface area contributed by atoms with Crippen LogP contribution in [0, 0.1) is 0 Å². The molecule has 5 heteroatoms. The Labute approximate surface area is 119 Å². The second-order valence-electron chi connectivity index (χ2n) is 4.99. The number of ether oxygens (including phenoxy) is 1. The van der Waals surface area contributed by atoms with E-state index in [1.54, 1.807) is 12.0 Å². The zero-order chi connectivity index (χ0) is 14.4. The van der Waals surface area contributed by atoms with E-state index in [1.165, 1.54) is 0 Å². The average molecular weight is 278 g/mol. The van der Waals surface area contributed by atoms with E-state index >= 15 is 0 Å². The molecule has 0 atom stereocenters. The molecule has 2 N–H and O–H groups in total. The molecule has 0 unspecified atom stereocenters. The fourth-order valence-corrected chi connectivity index (χ4v) is 2.71. The normalized spacial score (nSPS) is 15.1. The summed E-state index contributed by atoms with van der Waals surface area (Å²) < 4.78 is 5.23. The Morgan fingerprint density at radius 3 is 2.75 bits per heavy atom. The molecular formula is C15H22N2O3. The van der Waals surface area contributed by atoms with Gasteiger partial charge < -0.3 is 20.1 Å². The summed E-state index contributed by atoms with van der Waals surface area (Å²) in [6, 6.07) is 7.39. The van der Waals surface area contributed by atoms with E-state index in [0.29, 0.717) is 18.0 Å². The van der Waals surface area contributed by atoms with Crippen LogP contribution in [0.5, 0.6) is 5.75 Å². The van der Waals surface area contributed by atoms with Gasteiger partial charge in [-0.25, -0.2) is 4.79 Å². The van der Waals surface area contributed by atoms with E-state index in [0.717, 1.165) is 25.7 Å². The lowest BCUT2D eigenvalue weighted by atomic mass is 10.2. The van der Waals surface area contributed by atoms with Crippen LogP contribution in [0.2, 0.25) is 0 Å². The quantitative estimate of drug-likeness (QED) is 0.869. The van der Waals surface area contributed by atoms with E-state index in [1.807, 2.05) is 24.3 Å². The fraction of sp³-hybridized carbons (Fsp3) is 0.533. The molecule has 5 nitrogen and oxygen atoms in total. The summed E-state index contributed by atoms with van der Waals surface area (Å²) in [5.41, 5.74) is 0.654. The van der Waals surface area contributed by atoms with Crippen molar-refractivity contribution in [1.29, 1.82) is 0 Å². The third-order valence-electron chi connectivity index (χ3n) is 3.72. The van der Waals surface area contributed by atoms with E-state index in [-0.39, 0.29) is 18.7 Å². The van der Waals surface area contributed by atoms with Gasteiger partial charge in [0, 0.05) is 12.6 Å². The van der Waals surface area contributed by atoms with Crippen molar-refractivity contribution in [1.82, 2.24) is 4.90 Å². The van der Waals surface area contributed by atoms with Crippen LogP contribution in [0.15, 0.2) is 24.3 Å². The predicted octanol–water partition coefficient (Wildman–Crippen LogP) is 2.46. The molecule has 1 aliphatic carbocycles. The zero-order valence-corrected chi connectivity index (χ0v) is 11.8. The number of para-hydroxylation sites is 2. The molecule has 1 aliphatic rings. The van der Waals surface area contributed by atoms with Gasteiger partial charge in [-0.3, -0.25) is 0 Å². The molecule has 2 amide bonds. The highest BCUT2D eigenvalue weighted by Gasteiger charge is 2.26. The summed E-state index contributed by atoms with van der Waals surface area (Å²) in [6.45, 7) is 0.349. The minimum absolute atomic E-state index is 0.0180. The second kappa shape index (κ2) is 7.14. The summed E-state index contributed by atoms with van der Waals surface area (Å²) in [4.78, 5) is 14.1. The number of hydrogen-bond donors (Lipinski definition) is 2. The topological polar surface area (TPSA) is 61.8 Å². The molecule has 1 aromatic carbocycles. The number of nitrogens with zero attached hydrogens (tertiary/aromatic N) is 1. The lowest BCUT2D eigenvalue weighted by molar-refractivity contribution is 0.163. The van der Waals surface area contributed by atoms with Gasteiger partial charge in [0.25, 0.3) is 0 Å². The van der Waals surface area contributed by atoms with Crippen LogP contribution in [-0.2, 0) is 0 Å². The average Bonchev–Trinajstić information content (AvgIpc) is 2.99. The molecule has 0 aliphatic heterocycles. The maximum atomic E-state index is 12.4. The number of aliphatic hydroxyl groups excluding tert-OH is 1. The first-order valence-corrected chi connectivity index (χ1v) is 7.07. The van der Waals surface area contributed by atoms with Crippen LogP contribution >= 0.6 is 0 Å². The summed E-state index contributed by atoms with van der Waals surface area (Å²) in [6.07, 6.45) is 4.32. The number of rotatable bonds is 5. The minimum atomic E-state index is -0.171. The SMILES string of the molecule is COc1ccccc1NC(=O)N(CCO)C1CCCC1. The summed E-state index contributed by atoms with van der Waals surface area (Å²) in [5, 5.41) is 12.0. The van der Waals surface area contributed by atoms with Crippen molar-refractivity contribution in [3.05, 3.63) is 24.3 Å². The van der Waals surface area contributed by atoms with Crippen LogP contribution in [-0.4, -0.2) is 42.3 Å². The van der Waals surface area contributed by atoms with E-state index in [9.17, 15) is 4.79 Å². The van der Waals surface area contributed by atoms with Crippen molar-refractivity contribution in [3.63, 3.8) is 0 Å². The van der Waals surface area contributed by atoms with Crippen molar-refractivity contribution in [2.24, 2.45) is 0 Å². The predicted molar refractivity (Wildman–Crippen MR) is 78.1 cm³/mol. The van der Waals surface area contributed by atoms with Gasteiger partial charge in [-0.2, -0.15) is 0 Å². The van der Waals surface area contributed by atoms with Gasteiger partial charge in [-0.15, -0.1) is 0 Å². The number of benzene rings is 1. The van der Waals surface area contributed by atoms with Gasteiger partial charge in [-0.1, -0.05) is 25.0 Å². The number of aliphatic hydroxyl groups is 1. The van der Waals surface area contributed by atoms with Gasteiger partial charge in [-0.05, 0) is 25.0 Å². The number of carbonyl (C=O) groups excluding carboxylic acids is 1. The lowest BCUT2D eigenvalue weighted by Crippen LogP contribution is -2.43. The van der Waals surface area contributed by atoms with Gasteiger partial charge >= 0.3 is 6.03 Å². The first-order chi connectivity index (χ1) is 9.76. The van der Waals surface area contributed by atoms with Crippen molar-refractivity contribution >= 4 is 11.7 Å². The molecule has 1 fully saturated rings. The lowest BCUT2D eigenvalue weighted by Gasteiger charge is -2.28. The highest BCUT2D eigenvalue weighted by molar-refractivity contribution is 5.91. The number of urea groups is 1. The Morgan fingerprint density at radius 2 is 2.10 bits per heavy atom. The first-order valence-electron chi connectivity index (χ1n) is 7.07. The molecule has 20 heavy (non-hydrogen) atoms. The summed E-state index contributed by atoms with van der Waals surface area (Å²) in [7, 11) is 1.58.